The molecule has 0 N–H and O–H groups in total. The van der Waals surface area contributed by atoms with Gasteiger partial charge in [-0.1, -0.05) is 26.3 Å². The van der Waals surface area contributed by atoms with E-state index in [9.17, 15) is 9.90 Å². The lowest BCUT2D eigenvalue weighted by atomic mass is 10.1. The monoisotopic (exact) mass is 127 g/mol. The van der Waals surface area contributed by atoms with Crippen LogP contribution in [0, 0.1) is 5.92 Å². The molecule has 0 aromatic rings. The molecular weight excluding hydrogens is 116 g/mol. The molecule has 0 fully saturated rings. The average molecular weight is 127 g/mol. The molecule has 2 heteroatoms. The molecule has 0 rings (SSSR count). The summed E-state index contributed by atoms with van der Waals surface area (Å²) in [6.45, 7) is 3.96. The summed E-state index contributed by atoms with van der Waals surface area (Å²) in [5, 5.41) is 9.82. The molecule has 9 heavy (non-hydrogen) atoms. The molecule has 1 unspecified atom stereocenters. The van der Waals surface area contributed by atoms with E-state index in [-0.39, 0.29) is 0 Å². The summed E-state index contributed by atoms with van der Waals surface area (Å²) >= 11 is 0. The molecule has 0 saturated carbocycles. The standard InChI is InChI=1S/C7H12O2/c1-3-6(2)4-5-7(8)9/h4-6H,3H2,1-2H3,(H,8,9)/p-1/b5-4+. The van der Waals surface area contributed by atoms with Crippen LogP contribution in [0.4, 0.5) is 0 Å². The fraction of sp³-hybridized carbons (Fsp3) is 0.571. The highest BCUT2D eigenvalue weighted by molar-refractivity contribution is 5.77. The van der Waals surface area contributed by atoms with Crippen LogP contribution in [0.25, 0.3) is 0 Å². The van der Waals surface area contributed by atoms with Crippen LogP contribution in [-0.2, 0) is 4.79 Å². The van der Waals surface area contributed by atoms with Gasteiger partial charge in [0.05, 0.1) is 5.97 Å². The lowest BCUT2D eigenvalue weighted by Crippen LogP contribution is -2.18. The second kappa shape index (κ2) is 4.13. The zero-order chi connectivity index (χ0) is 7.28. The highest BCUT2D eigenvalue weighted by Gasteiger charge is 1.88. The maximum absolute atomic E-state index is 9.82. The van der Waals surface area contributed by atoms with E-state index in [0.29, 0.717) is 5.92 Å². The van der Waals surface area contributed by atoms with Crippen LogP contribution in [0.3, 0.4) is 0 Å². The Morgan fingerprint density at radius 2 is 2.33 bits per heavy atom. The number of hydrogen-bond donors (Lipinski definition) is 0. The molecule has 0 aliphatic rings. The van der Waals surface area contributed by atoms with Gasteiger partial charge in [0.2, 0.25) is 0 Å². The van der Waals surface area contributed by atoms with E-state index in [1.807, 2.05) is 13.8 Å². The Morgan fingerprint density at radius 3 is 2.67 bits per heavy atom. The van der Waals surface area contributed by atoms with Crippen molar-refractivity contribution in [3.05, 3.63) is 12.2 Å². The Hall–Kier alpha value is -0.790. The summed E-state index contributed by atoms with van der Waals surface area (Å²) in [7, 11) is 0. The molecule has 0 heterocycles. The number of aliphatic carboxylic acids is 1. The van der Waals surface area contributed by atoms with Crippen LogP contribution in [0.1, 0.15) is 20.3 Å². The zero-order valence-electron chi connectivity index (χ0n) is 5.76. The Labute approximate surface area is 55.2 Å². The quantitative estimate of drug-likeness (QED) is 0.513. The summed E-state index contributed by atoms with van der Waals surface area (Å²) in [4.78, 5) is 9.82. The predicted octanol–water partition coefficient (Wildman–Crippen LogP) is 0.339. The minimum absolute atomic E-state index is 0.336. The Morgan fingerprint density at radius 1 is 1.78 bits per heavy atom. The number of allylic oxidation sites excluding steroid dienone is 1. The maximum atomic E-state index is 9.82. The molecule has 0 aromatic carbocycles. The lowest BCUT2D eigenvalue weighted by Gasteiger charge is -1.98. The van der Waals surface area contributed by atoms with E-state index in [0.717, 1.165) is 12.5 Å². The summed E-state index contributed by atoms with van der Waals surface area (Å²) in [5.74, 6) is -0.779. The minimum atomic E-state index is -1.12. The van der Waals surface area contributed by atoms with E-state index >= 15 is 0 Å². The molecular formula is C7H11O2-. The summed E-state index contributed by atoms with van der Waals surface area (Å²) in [6, 6.07) is 0. The first-order chi connectivity index (χ1) is 4.16. The van der Waals surface area contributed by atoms with Crippen molar-refractivity contribution in [1.82, 2.24) is 0 Å². The zero-order valence-corrected chi connectivity index (χ0v) is 5.76. The molecule has 52 valence electrons. The van der Waals surface area contributed by atoms with Gasteiger partial charge in [-0.15, -0.1) is 0 Å². The van der Waals surface area contributed by atoms with Gasteiger partial charge in [-0.3, -0.25) is 0 Å². The molecule has 0 aromatic heterocycles. The van der Waals surface area contributed by atoms with Crippen molar-refractivity contribution < 1.29 is 9.90 Å². The van der Waals surface area contributed by atoms with Crippen molar-refractivity contribution in [2.75, 3.05) is 0 Å². The second-order valence-electron chi connectivity index (χ2n) is 2.06. The number of carbonyl (C=O) groups is 1. The smallest absolute Gasteiger partial charge is 0.0639 e. The molecule has 2 nitrogen and oxygen atoms in total. The number of hydrogen-bond acceptors (Lipinski definition) is 2. The van der Waals surface area contributed by atoms with Gasteiger partial charge >= 0.3 is 0 Å². The van der Waals surface area contributed by atoms with Gasteiger partial charge < -0.3 is 9.90 Å². The van der Waals surface area contributed by atoms with E-state index in [2.05, 4.69) is 0 Å². The molecule has 0 saturated heterocycles. The predicted molar refractivity (Wildman–Crippen MR) is 33.6 cm³/mol. The SMILES string of the molecule is CCC(C)/C=C/C(=O)[O-]. The number of carboxylic acids is 1. The Balaban J connectivity index is 3.56. The third kappa shape index (κ3) is 5.07. The van der Waals surface area contributed by atoms with Crippen molar-refractivity contribution >= 4 is 5.97 Å². The van der Waals surface area contributed by atoms with Gasteiger partial charge in [0, 0.05) is 0 Å². The summed E-state index contributed by atoms with van der Waals surface area (Å²) in [5.41, 5.74) is 0. The lowest BCUT2D eigenvalue weighted by molar-refractivity contribution is -0.297. The first-order valence-corrected chi connectivity index (χ1v) is 3.06. The summed E-state index contributed by atoms with van der Waals surface area (Å²) < 4.78 is 0. The molecule has 0 amide bonds. The molecule has 0 aliphatic heterocycles. The van der Waals surface area contributed by atoms with Gasteiger partial charge in [0.25, 0.3) is 0 Å². The van der Waals surface area contributed by atoms with Gasteiger partial charge in [0.1, 0.15) is 0 Å². The topological polar surface area (TPSA) is 40.1 Å². The number of carboxylic acid groups (broad SMARTS) is 1. The molecule has 0 spiro atoms. The van der Waals surface area contributed by atoms with Crippen molar-refractivity contribution in [2.24, 2.45) is 5.92 Å². The first-order valence-electron chi connectivity index (χ1n) is 3.06. The van der Waals surface area contributed by atoms with E-state index in [1.165, 1.54) is 0 Å². The fourth-order valence-corrected chi connectivity index (χ4v) is 0.379. The second-order valence-corrected chi connectivity index (χ2v) is 2.06. The molecule has 0 bridgehead atoms. The largest absolute Gasteiger partial charge is 0.545 e. The van der Waals surface area contributed by atoms with Gasteiger partial charge in [-0.05, 0) is 12.0 Å². The fourth-order valence-electron chi connectivity index (χ4n) is 0.379. The Bertz CT molecular complexity index is 116. The van der Waals surface area contributed by atoms with Crippen LogP contribution >= 0.6 is 0 Å². The minimum Gasteiger partial charge on any atom is -0.545 e. The van der Waals surface area contributed by atoms with E-state index < -0.39 is 5.97 Å². The number of carbonyl (C=O) groups excluding carboxylic acids is 1. The van der Waals surface area contributed by atoms with Crippen LogP contribution in [-0.4, -0.2) is 5.97 Å². The normalized spacial score (nSPS) is 14.0. The summed E-state index contributed by atoms with van der Waals surface area (Å²) in [6.07, 6.45) is 3.67. The maximum Gasteiger partial charge on any atom is 0.0639 e. The third-order valence-corrected chi connectivity index (χ3v) is 1.20. The van der Waals surface area contributed by atoms with Crippen LogP contribution in [0.15, 0.2) is 12.2 Å². The van der Waals surface area contributed by atoms with Crippen LogP contribution < -0.4 is 5.11 Å². The van der Waals surface area contributed by atoms with Crippen molar-refractivity contribution in [1.29, 1.82) is 0 Å². The first kappa shape index (κ1) is 8.21. The molecule has 1 atom stereocenters. The van der Waals surface area contributed by atoms with Crippen LogP contribution in [0.2, 0.25) is 0 Å². The highest BCUT2D eigenvalue weighted by Crippen LogP contribution is 2.00. The van der Waals surface area contributed by atoms with Gasteiger partial charge in [0.15, 0.2) is 0 Å². The van der Waals surface area contributed by atoms with Crippen molar-refractivity contribution in [2.45, 2.75) is 20.3 Å². The van der Waals surface area contributed by atoms with Crippen molar-refractivity contribution in [3.8, 4) is 0 Å². The van der Waals surface area contributed by atoms with Gasteiger partial charge in [-0.25, -0.2) is 0 Å². The molecule has 0 radical (unpaired) electrons. The third-order valence-electron chi connectivity index (χ3n) is 1.20. The highest BCUT2D eigenvalue weighted by atomic mass is 16.4. The van der Waals surface area contributed by atoms with E-state index in [4.69, 9.17) is 0 Å². The number of rotatable bonds is 3. The Kier molecular flexibility index (Phi) is 3.76. The van der Waals surface area contributed by atoms with Gasteiger partial charge in [-0.2, -0.15) is 0 Å². The van der Waals surface area contributed by atoms with Crippen molar-refractivity contribution in [3.63, 3.8) is 0 Å². The average Bonchev–Trinajstić information content (AvgIpc) is 1.83. The molecule has 0 aliphatic carbocycles. The van der Waals surface area contributed by atoms with Crippen LogP contribution in [0.5, 0.6) is 0 Å². The van der Waals surface area contributed by atoms with E-state index in [1.54, 1.807) is 6.08 Å².